The summed E-state index contributed by atoms with van der Waals surface area (Å²) in [4.78, 5) is 25.2. The van der Waals surface area contributed by atoms with E-state index in [1.54, 1.807) is 42.5 Å². The second-order valence-electron chi connectivity index (χ2n) is 6.75. The number of halogens is 2. The number of esters is 1. The molecule has 0 saturated heterocycles. The van der Waals surface area contributed by atoms with Gasteiger partial charge in [0.2, 0.25) is 0 Å². The fourth-order valence-corrected chi connectivity index (χ4v) is 4.48. The molecular weight excluding hydrogens is 483 g/mol. The average Bonchev–Trinajstić information content (AvgIpc) is 3.17. The lowest BCUT2D eigenvalue weighted by molar-refractivity contribution is 0.0734. The van der Waals surface area contributed by atoms with E-state index in [1.165, 1.54) is 24.7 Å². The van der Waals surface area contributed by atoms with Crippen molar-refractivity contribution in [2.75, 3.05) is 7.11 Å². The molecule has 0 bridgehead atoms. The maximum Gasteiger partial charge on any atom is 0.355 e. The van der Waals surface area contributed by atoms with E-state index in [0.29, 0.717) is 31.8 Å². The highest BCUT2D eigenvalue weighted by Gasteiger charge is 2.20. The van der Waals surface area contributed by atoms with E-state index < -0.39 is 5.97 Å². The Morgan fingerprint density at radius 1 is 1.00 bits per heavy atom. The van der Waals surface area contributed by atoms with Gasteiger partial charge in [0.05, 0.1) is 18.3 Å². The Morgan fingerprint density at radius 2 is 1.76 bits per heavy atom. The molecule has 1 N–H and O–H groups in total. The number of nitrogens with zero attached hydrogens (tertiary/aromatic N) is 1. The molecule has 0 atom stereocenters. The molecule has 1 amide bonds. The van der Waals surface area contributed by atoms with Crippen molar-refractivity contribution >= 4 is 62.7 Å². The molecule has 0 unspecified atom stereocenters. The number of methoxy groups -OCH3 is 1. The smallest absolute Gasteiger partial charge is 0.355 e. The number of carbonyl (C=O) groups excluding carboxylic acids is 2. The van der Waals surface area contributed by atoms with Crippen LogP contribution < -0.4 is 14.9 Å². The number of rotatable bonds is 6. The van der Waals surface area contributed by atoms with Crippen LogP contribution in [0.15, 0.2) is 71.8 Å². The Balaban J connectivity index is 1.46. The minimum absolute atomic E-state index is 0.235. The van der Waals surface area contributed by atoms with Crippen LogP contribution in [-0.4, -0.2) is 25.2 Å². The van der Waals surface area contributed by atoms with Crippen LogP contribution in [0.5, 0.6) is 11.5 Å². The van der Waals surface area contributed by atoms with Gasteiger partial charge in [-0.1, -0.05) is 41.4 Å². The molecule has 0 aliphatic heterocycles. The molecular formula is C24H16Cl2N2O4S. The van der Waals surface area contributed by atoms with Crippen molar-refractivity contribution in [1.82, 2.24) is 5.43 Å². The van der Waals surface area contributed by atoms with Crippen LogP contribution in [0, 0.1) is 0 Å². The third-order valence-corrected chi connectivity index (χ3v) is 6.50. The largest absolute Gasteiger partial charge is 0.493 e. The minimum Gasteiger partial charge on any atom is -0.493 e. The normalized spacial score (nSPS) is 11.0. The van der Waals surface area contributed by atoms with E-state index >= 15 is 0 Å². The SMILES string of the molecule is COc1cc(/C=N\NC(=O)c2ccc(Cl)cc2)ccc1OC(=O)c1sc2ccccc2c1Cl. The number of thiophene rings is 1. The number of fused-ring (bicyclic) bond motifs is 1. The molecule has 1 aromatic heterocycles. The predicted molar refractivity (Wildman–Crippen MR) is 131 cm³/mol. The van der Waals surface area contributed by atoms with Gasteiger partial charge in [0.15, 0.2) is 11.5 Å². The van der Waals surface area contributed by atoms with Gasteiger partial charge < -0.3 is 9.47 Å². The van der Waals surface area contributed by atoms with Gasteiger partial charge >= 0.3 is 5.97 Å². The van der Waals surface area contributed by atoms with Crippen molar-refractivity contribution in [1.29, 1.82) is 0 Å². The van der Waals surface area contributed by atoms with Gasteiger partial charge in [0.25, 0.3) is 5.91 Å². The number of hydrazone groups is 1. The maximum atomic E-state index is 12.7. The summed E-state index contributed by atoms with van der Waals surface area (Å²) in [5, 5.41) is 5.65. The lowest BCUT2D eigenvalue weighted by Crippen LogP contribution is -2.17. The number of benzene rings is 3. The van der Waals surface area contributed by atoms with Crippen LogP contribution >= 0.6 is 34.5 Å². The van der Waals surface area contributed by atoms with Crippen LogP contribution in [0.3, 0.4) is 0 Å². The zero-order chi connectivity index (χ0) is 23.4. The fourth-order valence-electron chi connectivity index (χ4n) is 2.97. The van der Waals surface area contributed by atoms with E-state index in [4.69, 9.17) is 32.7 Å². The molecule has 4 aromatic rings. The molecule has 4 rings (SSSR count). The van der Waals surface area contributed by atoms with Crippen molar-refractivity contribution in [2.45, 2.75) is 0 Å². The molecule has 33 heavy (non-hydrogen) atoms. The van der Waals surface area contributed by atoms with Gasteiger partial charge in [0.1, 0.15) is 4.88 Å². The average molecular weight is 499 g/mol. The highest BCUT2D eigenvalue weighted by atomic mass is 35.5. The van der Waals surface area contributed by atoms with Crippen LogP contribution in [0.4, 0.5) is 0 Å². The molecule has 3 aromatic carbocycles. The number of hydrogen-bond acceptors (Lipinski definition) is 6. The lowest BCUT2D eigenvalue weighted by Gasteiger charge is -2.09. The number of ether oxygens (including phenoxy) is 2. The third-order valence-electron chi connectivity index (χ3n) is 4.60. The monoisotopic (exact) mass is 498 g/mol. The van der Waals surface area contributed by atoms with Gasteiger partial charge in [-0.3, -0.25) is 4.79 Å². The Hall–Kier alpha value is -3.39. The Kier molecular flexibility index (Phi) is 6.93. The Labute approximate surface area is 203 Å². The second kappa shape index (κ2) is 10.0. The molecule has 6 nitrogen and oxygen atoms in total. The number of carbonyl (C=O) groups is 2. The summed E-state index contributed by atoms with van der Waals surface area (Å²) >= 11 is 13.5. The topological polar surface area (TPSA) is 77.0 Å². The molecule has 0 spiro atoms. The van der Waals surface area contributed by atoms with E-state index in [1.807, 2.05) is 24.3 Å². The molecule has 166 valence electrons. The number of hydrogen-bond donors (Lipinski definition) is 1. The molecule has 0 radical (unpaired) electrons. The summed E-state index contributed by atoms with van der Waals surface area (Å²) in [6, 6.07) is 18.8. The Morgan fingerprint density at radius 3 is 2.48 bits per heavy atom. The van der Waals surface area contributed by atoms with E-state index in [0.717, 1.165) is 10.1 Å². The van der Waals surface area contributed by atoms with Gasteiger partial charge in [-0.15, -0.1) is 11.3 Å². The van der Waals surface area contributed by atoms with Gasteiger partial charge in [-0.2, -0.15) is 5.10 Å². The maximum absolute atomic E-state index is 12.7. The van der Waals surface area contributed by atoms with Crippen LogP contribution in [0.25, 0.3) is 10.1 Å². The predicted octanol–water partition coefficient (Wildman–Crippen LogP) is 6.20. The minimum atomic E-state index is -0.573. The zero-order valence-electron chi connectivity index (χ0n) is 17.2. The summed E-state index contributed by atoms with van der Waals surface area (Å²) in [6.07, 6.45) is 1.45. The Bertz CT molecular complexity index is 1370. The highest BCUT2D eigenvalue weighted by Crippen LogP contribution is 2.37. The van der Waals surface area contributed by atoms with Crippen molar-refractivity contribution in [3.05, 3.63) is 92.8 Å². The van der Waals surface area contributed by atoms with E-state index in [-0.39, 0.29) is 11.7 Å². The van der Waals surface area contributed by atoms with Gasteiger partial charge in [-0.25, -0.2) is 10.2 Å². The summed E-state index contributed by atoms with van der Waals surface area (Å²) in [5.74, 6) is -0.385. The van der Waals surface area contributed by atoms with E-state index in [2.05, 4.69) is 10.5 Å². The third kappa shape index (κ3) is 5.17. The fraction of sp³-hybridized carbons (Fsp3) is 0.0417. The number of amides is 1. The standard InChI is InChI=1S/C24H16Cl2N2O4S/c1-31-19-12-14(13-27-28-23(29)15-7-9-16(25)10-8-15)6-11-18(19)32-24(30)22-21(26)17-4-2-3-5-20(17)33-22/h2-13H,1H3,(H,28,29)/b27-13-. The van der Waals surface area contributed by atoms with Crippen LogP contribution in [0.2, 0.25) is 10.0 Å². The molecule has 0 aliphatic rings. The second-order valence-corrected chi connectivity index (χ2v) is 8.61. The summed E-state index contributed by atoms with van der Waals surface area (Å²) in [7, 11) is 1.46. The lowest BCUT2D eigenvalue weighted by atomic mass is 10.2. The van der Waals surface area contributed by atoms with Crippen molar-refractivity contribution in [3.63, 3.8) is 0 Å². The number of nitrogens with one attached hydrogen (secondary N) is 1. The van der Waals surface area contributed by atoms with E-state index in [9.17, 15) is 9.59 Å². The summed E-state index contributed by atoms with van der Waals surface area (Å²) in [6.45, 7) is 0. The quantitative estimate of drug-likeness (QED) is 0.148. The van der Waals surface area contributed by atoms with Crippen molar-refractivity contribution in [2.24, 2.45) is 5.10 Å². The van der Waals surface area contributed by atoms with Crippen molar-refractivity contribution in [3.8, 4) is 11.5 Å². The van der Waals surface area contributed by atoms with Crippen LogP contribution in [0.1, 0.15) is 25.6 Å². The summed E-state index contributed by atoms with van der Waals surface area (Å²) < 4.78 is 11.8. The molecule has 0 aliphatic carbocycles. The van der Waals surface area contributed by atoms with Crippen LogP contribution in [-0.2, 0) is 0 Å². The molecule has 0 fully saturated rings. The zero-order valence-corrected chi connectivity index (χ0v) is 19.5. The first kappa shape index (κ1) is 22.8. The first-order valence-corrected chi connectivity index (χ1v) is 11.2. The molecule has 9 heteroatoms. The molecule has 1 heterocycles. The highest BCUT2D eigenvalue weighted by molar-refractivity contribution is 7.21. The molecule has 0 saturated carbocycles. The van der Waals surface area contributed by atoms with Gasteiger partial charge in [0, 0.05) is 20.7 Å². The van der Waals surface area contributed by atoms with Gasteiger partial charge in [-0.05, 0) is 54.1 Å². The van der Waals surface area contributed by atoms with Crippen molar-refractivity contribution < 1.29 is 19.1 Å². The summed E-state index contributed by atoms with van der Waals surface area (Å²) in [5.41, 5.74) is 3.49. The first-order chi connectivity index (χ1) is 16.0. The first-order valence-electron chi connectivity index (χ1n) is 9.62.